The standard InChI is InChI=1S/C29H34N6O6/c1-28(2,3)29(10-11-34-21-12-18(13-30)4-6-22(21)41-17-25(34)37)9-8-20(15-35(29)27(38)39)31-14-19-5-7-23-26(32-19)33-24(36)16-40-23/h4-7,12,20,31H,8-11,14-17H2,1-3H3,(H,38,39)(H,32,33,36)/t20-,29+/m0/s1. The van der Waals surface area contributed by atoms with E-state index < -0.39 is 17.0 Å². The maximum atomic E-state index is 12.9. The Morgan fingerprint density at radius 1 is 1.22 bits per heavy atom. The van der Waals surface area contributed by atoms with Gasteiger partial charge in [0.2, 0.25) is 0 Å². The highest BCUT2D eigenvalue weighted by molar-refractivity contribution is 5.98. The van der Waals surface area contributed by atoms with E-state index in [1.54, 1.807) is 29.2 Å². The second-order valence-corrected chi connectivity index (χ2v) is 11.7. The van der Waals surface area contributed by atoms with Gasteiger partial charge in [-0.05, 0) is 55.0 Å². The molecule has 41 heavy (non-hydrogen) atoms. The number of ether oxygens (including phenoxy) is 2. The van der Waals surface area contributed by atoms with Crippen LogP contribution in [0, 0.1) is 16.7 Å². The van der Waals surface area contributed by atoms with Gasteiger partial charge in [0, 0.05) is 25.7 Å². The van der Waals surface area contributed by atoms with Crippen LogP contribution < -0.4 is 25.0 Å². The molecule has 0 radical (unpaired) electrons. The minimum atomic E-state index is -1.02. The van der Waals surface area contributed by atoms with E-state index in [9.17, 15) is 24.8 Å². The molecule has 5 rings (SSSR count). The zero-order chi connectivity index (χ0) is 29.4. The third-order valence-electron chi connectivity index (χ3n) is 8.34. The third-order valence-corrected chi connectivity index (χ3v) is 8.34. The fourth-order valence-electron chi connectivity index (χ4n) is 6.04. The number of pyridine rings is 1. The fourth-order valence-corrected chi connectivity index (χ4v) is 6.04. The van der Waals surface area contributed by atoms with Crippen molar-refractivity contribution in [3.05, 3.63) is 41.6 Å². The van der Waals surface area contributed by atoms with Crippen molar-refractivity contribution < 1.29 is 29.0 Å². The zero-order valence-electron chi connectivity index (χ0n) is 23.4. The number of nitrogens with zero attached hydrogens (tertiary/aromatic N) is 4. The molecular formula is C29H34N6O6. The van der Waals surface area contributed by atoms with Crippen LogP contribution in [0.15, 0.2) is 30.3 Å². The summed E-state index contributed by atoms with van der Waals surface area (Å²) in [7, 11) is 0. The molecule has 1 fully saturated rings. The predicted molar refractivity (Wildman–Crippen MR) is 149 cm³/mol. The fraction of sp³-hybridized carbons (Fsp3) is 0.483. The first-order valence-corrected chi connectivity index (χ1v) is 13.6. The lowest BCUT2D eigenvalue weighted by molar-refractivity contribution is -0.121. The largest absolute Gasteiger partial charge is 0.482 e. The highest BCUT2D eigenvalue weighted by Crippen LogP contribution is 2.46. The molecule has 4 heterocycles. The molecule has 12 nitrogen and oxygen atoms in total. The van der Waals surface area contributed by atoms with Gasteiger partial charge in [0.15, 0.2) is 24.8 Å². The lowest BCUT2D eigenvalue weighted by Crippen LogP contribution is -2.66. The Morgan fingerprint density at radius 3 is 2.71 bits per heavy atom. The second-order valence-electron chi connectivity index (χ2n) is 11.7. The van der Waals surface area contributed by atoms with Crippen molar-refractivity contribution in [2.75, 3.05) is 36.5 Å². The number of anilines is 2. The highest BCUT2D eigenvalue weighted by atomic mass is 16.5. The molecule has 2 aromatic rings. The van der Waals surface area contributed by atoms with Gasteiger partial charge in [-0.1, -0.05) is 20.8 Å². The van der Waals surface area contributed by atoms with Gasteiger partial charge in [-0.3, -0.25) is 9.59 Å². The van der Waals surface area contributed by atoms with Gasteiger partial charge in [0.05, 0.1) is 28.6 Å². The number of likely N-dealkylation sites (tertiary alicyclic amines) is 1. The van der Waals surface area contributed by atoms with E-state index in [1.807, 2.05) is 26.8 Å². The number of nitrogens with one attached hydrogen (secondary N) is 2. The van der Waals surface area contributed by atoms with Crippen LogP contribution >= 0.6 is 0 Å². The van der Waals surface area contributed by atoms with Crippen molar-refractivity contribution in [3.8, 4) is 17.6 Å². The van der Waals surface area contributed by atoms with Gasteiger partial charge in [-0.15, -0.1) is 0 Å². The molecule has 0 bridgehead atoms. The van der Waals surface area contributed by atoms with Crippen molar-refractivity contribution in [1.82, 2.24) is 15.2 Å². The van der Waals surface area contributed by atoms with Gasteiger partial charge < -0.3 is 35.0 Å². The Balaban J connectivity index is 1.32. The molecule has 216 valence electrons. The van der Waals surface area contributed by atoms with Gasteiger partial charge in [0.1, 0.15) is 5.75 Å². The van der Waals surface area contributed by atoms with E-state index in [2.05, 4.69) is 21.7 Å². The number of piperidine rings is 1. The Labute approximate surface area is 238 Å². The minimum absolute atomic E-state index is 0.0397. The molecule has 1 aromatic carbocycles. The summed E-state index contributed by atoms with van der Waals surface area (Å²) < 4.78 is 10.9. The molecule has 0 unspecified atom stereocenters. The summed E-state index contributed by atoms with van der Waals surface area (Å²) >= 11 is 0. The summed E-state index contributed by atoms with van der Waals surface area (Å²) in [4.78, 5) is 44.9. The van der Waals surface area contributed by atoms with Crippen LogP contribution in [0.25, 0.3) is 0 Å². The Morgan fingerprint density at radius 2 is 1.98 bits per heavy atom. The summed E-state index contributed by atoms with van der Waals surface area (Å²) in [6, 6.07) is 10.5. The lowest BCUT2D eigenvalue weighted by Gasteiger charge is -2.56. The summed E-state index contributed by atoms with van der Waals surface area (Å²) in [5.74, 6) is 0.935. The molecule has 2 atom stereocenters. The molecule has 0 spiro atoms. The van der Waals surface area contributed by atoms with Crippen LogP contribution in [0.5, 0.6) is 11.5 Å². The maximum absolute atomic E-state index is 12.9. The number of hydrogen-bond acceptors (Lipinski definition) is 8. The highest BCUT2D eigenvalue weighted by Gasteiger charge is 2.52. The number of carboxylic acid groups (broad SMARTS) is 1. The SMILES string of the molecule is CC(C)(C)[C@]1(CCN2C(=O)COc3ccc(C#N)cc32)CC[C@H](NCc2ccc3c(n2)NC(=O)CO3)CN1C(=O)O. The Kier molecular flexibility index (Phi) is 7.48. The summed E-state index contributed by atoms with van der Waals surface area (Å²) in [5, 5.41) is 25.9. The second kappa shape index (κ2) is 10.9. The maximum Gasteiger partial charge on any atom is 0.407 e. The van der Waals surface area contributed by atoms with Gasteiger partial charge in [-0.25, -0.2) is 9.78 Å². The molecule has 12 heteroatoms. The van der Waals surface area contributed by atoms with E-state index in [0.29, 0.717) is 53.6 Å². The summed E-state index contributed by atoms with van der Waals surface area (Å²) in [6.07, 6.45) is 0.714. The molecule has 0 saturated carbocycles. The Hall–Kier alpha value is -4.37. The van der Waals surface area contributed by atoms with Gasteiger partial charge in [0.25, 0.3) is 11.8 Å². The number of fused-ring (bicyclic) bond motifs is 2. The third kappa shape index (κ3) is 5.50. The summed E-state index contributed by atoms with van der Waals surface area (Å²) in [5.41, 5.74) is 0.473. The van der Waals surface area contributed by atoms with Crippen molar-refractivity contribution in [2.45, 2.75) is 58.2 Å². The van der Waals surface area contributed by atoms with E-state index >= 15 is 0 Å². The normalized spacial score (nSPS) is 22.0. The van der Waals surface area contributed by atoms with Crippen LogP contribution in [-0.2, 0) is 16.1 Å². The number of rotatable bonds is 6. The monoisotopic (exact) mass is 562 g/mol. The van der Waals surface area contributed by atoms with Crippen LogP contribution in [0.3, 0.4) is 0 Å². The van der Waals surface area contributed by atoms with E-state index in [-0.39, 0.29) is 44.2 Å². The van der Waals surface area contributed by atoms with Crippen LogP contribution in [0.2, 0.25) is 0 Å². The quantitative estimate of drug-likeness (QED) is 0.481. The van der Waals surface area contributed by atoms with E-state index in [0.717, 1.165) is 6.42 Å². The van der Waals surface area contributed by atoms with Crippen LogP contribution in [0.1, 0.15) is 51.3 Å². The van der Waals surface area contributed by atoms with Gasteiger partial charge in [-0.2, -0.15) is 5.26 Å². The van der Waals surface area contributed by atoms with Crippen molar-refractivity contribution in [3.63, 3.8) is 0 Å². The predicted octanol–water partition coefficient (Wildman–Crippen LogP) is 3.12. The lowest BCUT2D eigenvalue weighted by atomic mass is 9.65. The minimum Gasteiger partial charge on any atom is -0.482 e. The molecule has 1 saturated heterocycles. The first-order chi connectivity index (χ1) is 19.5. The number of benzene rings is 1. The molecule has 3 aliphatic heterocycles. The molecule has 3 N–H and O–H groups in total. The number of aromatic nitrogens is 1. The molecule has 1 aromatic heterocycles. The number of hydrogen-bond donors (Lipinski definition) is 3. The molecule has 3 amide bonds. The zero-order valence-corrected chi connectivity index (χ0v) is 23.4. The average molecular weight is 563 g/mol. The number of amides is 3. The molecule has 0 aliphatic carbocycles. The number of carbonyl (C=O) groups is 3. The van der Waals surface area contributed by atoms with E-state index in [4.69, 9.17) is 9.47 Å². The molecular weight excluding hydrogens is 528 g/mol. The molecule has 3 aliphatic rings. The Bertz CT molecular complexity index is 1420. The average Bonchev–Trinajstić information content (AvgIpc) is 2.94. The van der Waals surface area contributed by atoms with Crippen LogP contribution in [-0.4, -0.2) is 70.8 Å². The van der Waals surface area contributed by atoms with Crippen molar-refractivity contribution in [1.29, 1.82) is 5.26 Å². The topological polar surface area (TPSA) is 157 Å². The number of carbonyl (C=O) groups excluding carboxylic acids is 2. The van der Waals surface area contributed by atoms with Gasteiger partial charge >= 0.3 is 6.09 Å². The van der Waals surface area contributed by atoms with Crippen molar-refractivity contribution >= 4 is 29.4 Å². The first-order valence-electron chi connectivity index (χ1n) is 13.6. The smallest absolute Gasteiger partial charge is 0.407 e. The number of nitriles is 1. The van der Waals surface area contributed by atoms with E-state index in [1.165, 1.54) is 4.90 Å². The summed E-state index contributed by atoms with van der Waals surface area (Å²) in [6.45, 7) is 6.90. The first kappa shape index (κ1) is 28.2. The van der Waals surface area contributed by atoms with Crippen LogP contribution in [0.4, 0.5) is 16.3 Å². The van der Waals surface area contributed by atoms with Crippen molar-refractivity contribution in [2.24, 2.45) is 5.41 Å².